The van der Waals surface area contributed by atoms with Gasteiger partial charge in [-0.3, -0.25) is 4.79 Å². The van der Waals surface area contributed by atoms with Crippen molar-refractivity contribution in [2.75, 3.05) is 0 Å². The first-order valence-corrected chi connectivity index (χ1v) is 6.68. The standard InChI is InChI=1S/C15H10FNOS/c16-11-6-2-1-5-10(11)13(18)9-15-17-12-7-3-4-8-14(12)19-15/h1-8H,9H2. The molecule has 2 nitrogen and oxygen atoms in total. The summed E-state index contributed by atoms with van der Waals surface area (Å²) in [5.41, 5.74) is 1.01. The Labute approximate surface area is 113 Å². The highest BCUT2D eigenvalue weighted by molar-refractivity contribution is 7.18. The smallest absolute Gasteiger partial charge is 0.172 e. The monoisotopic (exact) mass is 271 g/mol. The zero-order chi connectivity index (χ0) is 13.2. The lowest BCUT2D eigenvalue weighted by molar-refractivity contribution is 0.0989. The highest BCUT2D eigenvalue weighted by Gasteiger charge is 2.14. The molecule has 0 saturated carbocycles. The fraction of sp³-hybridized carbons (Fsp3) is 0.0667. The van der Waals surface area contributed by atoms with Crippen LogP contribution in [0.5, 0.6) is 0 Å². The third-order valence-electron chi connectivity index (χ3n) is 2.82. The molecule has 0 aliphatic carbocycles. The Morgan fingerprint density at radius 1 is 1.11 bits per heavy atom. The van der Waals surface area contributed by atoms with Gasteiger partial charge in [0.2, 0.25) is 0 Å². The van der Waals surface area contributed by atoms with Gasteiger partial charge >= 0.3 is 0 Å². The van der Waals surface area contributed by atoms with Gasteiger partial charge in [0.1, 0.15) is 10.8 Å². The van der Waals surface area contributed by atoms with Gasteiger partial charge in [-0.25, -0.2) is 9.37 Å². The molecule has 0 N–H and O–H groups in total. The molecule has 0 bridgehead atoms. The summed E-state index contributed by atoms with van der Waals surface area (Å²) in [6.45, 7) is 0. The van der Waals surface area contributed by atoms with E-state index >= 15 is 0 Å². The van der Waals surface area contributed by atoms with E-state index in [-0.39, 0.29) is 17.8 Å². The van der Waals surface area contributed by atoms with E-state index in [4.69, 9.17) is 0 Å². The second-order valence-corrected chi connectivity index (χ2v) is 5.27. The number of rotatable bonds is 3. The predicted molar refractivity (Wildman–Crippen MR) is 74.1 cm³/mol. The van der Waals surface area contributed by atoms with Gasteiger partial charge in [0.25, 0.3) is 0 Å². The molecular formula is C15H10FNOS. The number of carbonyl (C=O) groups excluding carboxylic acids is 1. The van der Waals surface area contributed by atoms with Crippen molar-refractivity contribution in [3.63, 3.8) is 0 Å². The van der Waals surface area contributed by atoms with Gasteiger partial charge in [0.15, 0.2) is 5.78 Å². The number of ketones is 1. The zero-order valence-corrected chi connectivity index (χ0v) is 10.8. The highest BCUT2D eigenvalue weighted by atomic mass is 32.1. The Kier molecular flexibility index (Phi) is 3.09. The molecule has 0 unspecified atom stereocenters. The number of benzene rings is 2. The average molecular weight is 271 g/mol. The van der Waals surface area contributed by atoms with Crippen LogP contribution in [0.25, 0.3) is 10.2 Å². The highest BCUT2D eigenvalue weighted by Crippen LogP contribution is 2.23. The molecule has 0 fully saturated rings. The molecule has 0 amide bonds. The second-order valence-electron chi connectivity index (χ2n) is 4.16. The summed E-state index contributed by atoms with van der Waals surface area (Å²) < 4.78 is 14.6. The number of fused-ring (bicyclic) bond motifs is 1. The van der Waals surface area contributed by atoms with Crippen LogP contribution >= 0.6 is 11.3 Å². The van der Waals surface area contributed by atoms with Crippen LogP contribution in [0.1, 0.15) is 15.4 Å². The number of thiazole rings is 1. The molecule has 19 heavy (non-hydrogen) atoms. The van der Waals surface area contributed by atoms with Crippen LogP contribution in [-0.2, 0) is 6.42 Å². The Hall–Kier alpha value is -2.07. The maximum Gasteiger partial charge on any atom is 0.172 e. The molecule has 0 radical (unpaired) electrons. The van der Waals surface area contributed by atoms with E-state index in [1.807, 2.05) is 24.3 Å². The lowest BCUT2D eigenvalue weighted by Gasteiger charge is -1.99. The Bertz CT molecular complexity index is 717. The van der Waals surface area contributed by atoms with Gasteiger partial charge in [0.05, 0.1) is 22.2 Å². The van der Waals surface area contributed by atoms with Crippen molar-refractivity contribution in [2.45, 2.75) is 6.42 Å². The summed E-state index contributed by atoms with van der Waals surface area (Å²) in [5.74, 6) is -0.717. The van der Waals surface area contributed by atoms with Gasteiger partial charge in [-0.05, 0) is 24.3 Å². The summed E-state index contributed by atoms with van der Waals surface area (Å²) in [6.07, 6.45) is 0.139. The normalized spacial score (nSPS) is 10.8. The molecule has 0 aliphatic rings. The molecule has 4 heteroatoms. The number of para-hydroxylation sites is 1. The number of Topliss-reactive ketones (excluding diaryl/α,β-unsaturated/α-hetero) is 1. The van der Waals surface area contributed by atoms with Gasteiger partial charge in [0, 0.05) is 0 Å². The van der Waals surface area contributed by atoms with Crippen LogP contribution in [0, 0.1) is 5.82 Å². The zero-order valence-electron chi connectivity index (χ0n) is 9.97. The third kappa shape index (κ3) is 2.39. The van der Waals surface area contributed by atoms with E-state index in [0.717, 1.165) is 15.2 Å². The first-order chi connectivity index (χ1) is 9.24. The van der Waals surface area contributed by atoms with Gasteiger partial charge in [-0.15, -0.1) is 11.3 Å². The molecule has 0 atom stereocenters. The van der Waals surface area contributed by atoms with Crippen molar-refractivity contribution < 1.29 is 9.18 Å². The Morgan fingerprint density at radius 2 is 1.84 bits per heavy atom. The molecular weight excluding hydrogens is 261 g/mol. The molecule has 3 rings (SSSR count). The molecule has 94 valence electrons. The van der Waals surface area contributed by atoms with E-state index in [1.165, 1.54) is 23.5 Å². The summed E-state index contributed by atoms with van der Waals surface area (Å²) in [6, 6.07) is 13.7. The van der Waals surface area contributed by atoms with Crippen molar-refractivity contribution in [2.24, 2.45) is 0 Å². The fourth-order valence-electron chi connectivity index (χ4n) is 1.92. The summed E-state index contributed by atoms with van der Waals surface area (Å²) in [5, 5.41) is 0.717. The lowest BCUT2D eigenvalue weighted by atomic mass is 10.1. The van der Waals surface area contributed by atoms with Gasteiger partial charge < -0.3 is 0 Å². The van der Waals surface area contributed by atoms with Crippen LogP contribution in [0.4, 0.5) is 4.39 Å². The van der Waals surface area contributed by atoms with Crippen molar-refractivity contribution in [1.82, 2.24) is 4.98 Å². The van der Waals surface area contributed by atoms with Gasteiger partial charge in [-0.2, -0.15) is 0 Å². The minimum absolute atomic E-state index is 0.127. The number of hydrogen-bond donors (Lipinski definition) is 0. The maximum absolute atomic E-state index is 13.5. The van der Waals surface area contributed by atoms with Crippen LogP contribution in [0.2, 0.25) is 0 Å². The topological polar surface area (TPSA) is 30.0 Å². The Morgan fingerprint density at radius 3 is 2.63 bits per heavy atom. The lowest BCUT2D eigenvalue weighted by Crippen LogP contribution is -2.05. The number of hydrogen-bond acceptors (Lipinski definition) is 3. The summed E-state index contributed by atoms with van der Waals surface area (Å²) >= 11 is 1.47. The quantitative estimate of drug-likeness (QED) is 0.677. The average Bonchev–Trinajstić information content (AvgIpc) is 2.81. The molecule has 0 spiro atoms. The van der Waals surface area contributed by atoms with Gasteiger partial charge in [-0.1, -0.05) is 24.3 Å². The van der Waals surface area contributed by atoms with E-state index < -0.39 is 5.82 Å². The minimum atomic E-state index is -0.478. The van der Waals surface area contributed by atoms with Crippen LogP contribution in [0.15, 0.2) is 48.5 Å². The van der Waals surface area contributed by atoms with Crippen molar-refractivity contribution in [3.8, 4) is 0 Å². The molecule has 0 aliphatic heterocycles. The third-order valence-corrected chi connectivity index (χ3v) is 3.86. The minimum Gasteiger partial charge on any atom is -0.294 e. The SMILES string of the molecule is O=C(Cc1nc2ccccc2s1)c1ccccc1F. The van der Waals surface area contributed by atoms with Crippen LogP contribution in [0.3, 0.4) is 0 Å². The predicted octanol–water partition coefficient (Wildman–Crippen LogP) is 3.86. The number of nitrogens with zero attached hydrogens (tertiary/aromatic N) is 1. The largest absolute Gasteiger partial charge is 0.294 e. The first-order valence-electron chi connectivity index (χ1n) is 5.86. The van der Waals surface area contributed by atoms with E-state index in [0.29, 0.717) is 0 Å². The second kappa shape index (κ2) is 4.90. The number of halogens is 1. The molecule has 2 aromatic carbocycles. The van der Waals surface area contributed by atoms with Crippen LogP contribution in [-0.4, -0.2) is 10.8 Å². The van der Waals surface area contributed by atoms with E-state index in [2.05, 4.69) is 4.98 Å². The molecule has 1 heterocycles. The first kappa shape index (κ1) is 12.0. The fourth-order valence-corrected chi connectivity index (χ4v) is 2.88. The summed E-state index contributed by atoms with van der Waals surface area (Å²) in [4.78, 5) is 16.4. The maximum atomic E-state index is 13.5. The molecule has 1 aromatic heterocycles. The summed E-state index contributed by atoms with van der Waals surface area (Å²) in [7, 11) is 0. The number of aromatic nitrogens is 1. The molecule has 0 saturated heterocycles. The van der Waals surface area contributed by atoms with Crippen molar-refractivity contribution >= 4 is 27.3 Å². The van der Waals surface area contributed by atoms with E-state index in [9.17, 15) is 9.18 Å². The molecule has 3 aromatic rings. The van der Waals surface area contributed by atoms with Crippen LogP contribution < -0.4 is 0 Å². The van der Waals surface area contributed by atoms with Crippen molar-refractivity contribution in [3.05, 3.63) is 64.9 Å². The Balaban J connectivity index is 1.89. The number of carbonyl (C=O) groups is 1. The van der Waals surface area contributed by atoms with E-state index in [1.54, 1.807) is 12.1 Å². The van der Waals surface area contributed by atoms with Crippen molar-refractivity contribution in [1.29, 1.82) is 0 Å².